The molecule has 5 atom stereocenters. The molecule has 0 saturated carbocycles. The molecule has 0 bridgehead atoms. The standard InChI is InChI=1S/C12H18N3O13P3/c1-2-5-24-8-6-11(15-4-3-10(13)14-12(15)16)26-9(8)7-25-30(20,21)28-31(22,23)27-29(17,18)19/h1,3-4,8-9,11H,5-7H2,(H,20,21)(H,22,23)(H2,13,14,16)(H2,17,18,19)/t8?,9-,11-/m1/s1. The third kappa shape index (κ3) is 8.21. The highest BCUT2D eigenvalue weighted by Crippen LogP contribution is 2.66. The van der Waals surface area contributed by atoms with Crippen molar-refractivity contribution in [2.45, 2.75) is 24.9 Å². The predicted octanol–water partition coefficient (Wildman–Crippen LogP) is -0.525. The first-order chi connectivity index (χ1) is 14.2. The Balaban J connectivity index is 2.09. The maximum absolute atomic E-state index is 12.0. The van der Waals surface area contributed by atoms with Crippen LogP contribution in [0.2, 0.25) is 0 Å². The molecule has 1 saturated heterocycles. The molecule has 0 aromatic carbocycles. The molecule has 0 radical (unpaired) electrons. The van der Waals surface area contributed by atoms with Gasteiger partial charge in [0.05, 0.1) is 12.7 Å². The van der Waals surface area contributed by atoms with Crippen molar-refractivity contribution >= 4 is 29.3 Å². The lowest BCUT2D eigenvalue weighted by Gasteiger charge is -2.20. The summed E-state index contributed by atoms with van der Waals surface area (Å²) in [7, 11) is -16.6. The summed E-state index contributed by atoms with van der Waals surface area (Å²) in [6.07, 6.45) is 3.56. The van der Waals surface area contributed by atoms with Crippen LogP contribution in [0.3, 0.4) is 0 Å². The lowest BCUT2D eigenvalue weighted by molar-refractivity contribution is -0.0564. The fraction of sp³-hybridized carbons (Fsp3) is 0.500. The largest absolute Gasteiger partial charge is 0.490 e. The smallest absolute Gasteiger partial charge is 0.383 e. The van der Waals surface area contributed by atoms with E-state index in [2.05, 4.69) is 24.0 Å². The molecular weight excluding hydrogens is 487 g/mol. The lowest BCUT2D eigenvalue weighted by atomic mass is 10.2. The quantitative estimate of drug-likeness (QED) is 0.198. The van der Waals surface area contributed by atoms with Gasteiger partial charge in [0.1, 0.15) is 24.8 Å². The number of nitrogen functional groups attached to an aromatic ring is 1. The highest BCUT2D eigenvalue weighted by atomic mass is 31.3. The van der Waals surface area contributed by atoms with Gasteiger partial charge in [0.25, 0.3) is 0 Å². The molecule has 1 fully saturated rings. The number of hydrogen-bond donors (Lipinski definition) is 5. The average Bonchev–Trinajstić information content (AvgIpc) is 2.97. The second-order valence-corrected chi connectivity index (χ2v) is 10.3. The lowest BCUT2D eigenvalue weighted by Crippen LogP contribution is -2.29. The summed E-state index contributed by atoms with van der Waals surface area (Å²) in [5, 5.41) is 0. The number of phosphoric acid groups is 3. The highest BCUT2D eigenvalue weighted by molar-refractivity contribution is 7.66. The number of anilines is 1. The summed E-state index contributed by atoms with van der Waals surface area (Å²) in [5.74, 6) is 2.18. The Morgan fingerprint density at radius 2 is 1.94 bits per heavy atom. The number of rotatable bonds is 10. The molecule has 1 aromatic rings. The molecule has 174 valence electrons. The van der Waals surface area contributed by atoms with Crippen molar-refractivity contribution in [2.75, 3.05) is 18.9 Å². The first-order valence-corrected chi connectivity index (χ1v) is 12.6. The Hall–Kier alpha value is -1.43. The summed E-state index contributed by atoms with van der Waals surface area (Å²) >= 11 is 0. The van der Waals surface area contributed by atoms with Gasteiger partial charge in [-0.1, -0.05) is 5.92 Å². The normalized spacial score (nSPS) is 25.5. The molecule has 0 aliphatic carbocycles. The van der Waals surface area contributed by atoms with Gasteiger partial charge in [0.15, 0.2) is 0 Å². The van der Waals surface area contributed by atoms with Crippen LogP contribution in [0, 0.1) is 12.3 Å². The van der Waals surface area contributed by atoms with E-state index in [1.807, 2.05) is 0 Å². The Morgan fingerprint density at radius 3 is 2.52 bits per heavy atom. The second kappa shape index (κ2) is 10.0. The summed E-state index contributed by atoms with van der Waals surface area (Å²) in [4.78, 5) is 51.3. The van der Waals surface area contributed by atoms with Crippen LogP contribution in [0.5, 0.6) is 0 Å². The van der Waals surface area contributed by atoms with Crippen LogP contribution < -0.4 is 11.4 Å². The fourth-order valence-electron chi connectivity index (χ4n) is 2.47. The monoisotopic (exact) mass is 505 g/mol. The fourth-order valence-corrected chi connectivity index (χ4v) is 5.50. The molecule has 19 heteroatoms. The number of nitrogens with two attached hydrogens (primary N) is 1. The zero-order valence-corrected chi connectivity index (χ0v) is 18.0. The Kier molecular flexibility index (Phi) is 8.34. The third-order valence-electron chi connectivity index (χ3n) is 3.54. The van der Waals surface area contributed by atoms with E-state index in [0.717, 1.165) is 4.57 Å². The topological polar surface area (TPSA) is 239 Å². The number of ether oxygens (including phenoxy) is 2. The van der Waals surface area contributed by atoms with E-state index in [-0.39, 0.29) is 18.8 Å². The summed E-state index contributed by atoms with van der Waals surface area (Å²) in [6.45, 7) is -0.950. The Bertz CT molecular complexity index is 1030. The van der Waals surface area contributed by atoms with Gasteiger partial charge in [-0.25, -0.2) is 18.5 Å². The van der Waals surface area contributed by atoms with Crippen LogP contribution in [-0.4, -0.2) is 54.5 Å². The van der Waals surface area contributed by atoms with Crippen LogP contribution >= 0.6 is 23.5 Å². The van der Waals surface area contributed by atoms with Crippen molar-refractivity contribution in [3.8, 4) is 12.3 Å². The molecule has 1 aliphatic heterocycles. The summed E-state index contributed by atoms with van der Waals surface area (Å²) in [6, 6.07) is 1.33. The van der Waals surface area contributed by atoms with Gasteiger partial charge in [-0.05, 0) is 6.07 Å². The predicted molar refractivity (Wildman–Crippen MR) is 99.8 cm³/mol. The van der Waals surface area contributed by atoms with E-state index in [4.69, 9.17) is 36.3 Å². The maximum Gasteiger partial charge on any atom is 0.490 e. The van der Waals surface area contributed by atoms with Crippen molar-refractivity contribution in [1.29, 1.82) is 0 Å². The van der Waals surface area contributed by atoms with E-state index in [1.165, 1.54) is 12.3 Å². The maximum atomic E-state index is 12.0. The van der Waals surface area contributed by atoms with Gasteiger partial charge < -0.3 is 34.8 Å². The minimum Gasteiger partial charge on any atom is -0.383 e. The van der Waals surface area contributed by atoms with Gasteiger partial charge in [-0.2, -0.15) is 13.6 Å². The SMILES string of the molecule is C#CCOC1C[C@H](n2ccc(N)nc2=O)O[C@@H]1COP(=O)(O)OP(=O)(O)OP(=O)(O)O. The molecule has 16 nitrogen and oxygen atoms in total. The first-order valence-electron chi connectivity index (χ1n) is 8.05. The van der Waals surface area contributed by atoms with E-state index in [0.29, 0.717) is 0 Å². The van der Waals surface area contributed by atoms with Crippen molar-refractivity contribution in [3.05, 3.63) is 22.7 Å². The van der Waals surface area contributed by atoms with E-state index in [1.54, 1.807) is 0 Å². The zero-order chi connectivity index (χ0) is 23.4. The molecule has 6 N–H and O–H groups in total. The molecule has 31 heavy (non-hydrogen) atoms. The number of nitrogens with zero attached hydrogens (tertiary/aromatic N) is 2. The Morgan fingerprint density at radius 1 is 1.26 bits per heavy atom. The van der Waals surface area contributed by atoms with Gasteiger partial charge in [-0.3, -0.25) is 9.09 Å². The Labute approximate surface area is 174 Å². The number of terminal acetylenes is 1. The first kappa shape index (κ1) is 25.8. The molecule has 1 aliphatic rings. The van der Waals surface area contributed by atoms with E-state index in [9.17, 15) is 23.4 Å². The van der Waals surface area contributed by atoms with Crippen LogP contribution in [0.15, 0.2) is 17.1 Å². The van der Waals surface area contributed by atoms with Gasteiger partial charge >= 0.3 is 29.2 Å². The molecule has 3 unspecified atom stereocenters. The van der Waals surface area contributed by atoms with Crippen LogP contribution in [-0.2, 0) is 36.3 Å². The van der Waals surface area contributed by atoms with Crippen molar-refractivity contribution < 1.29 is 55.9 Å². The van der Waals surface area contributed by atoms with Crippen LogP contribution in [0.1, 0.15) is 12.6 Å². The van der Waals surface area contributed by atoms with Crippen molar-refractivity contribution in [3.63, 3.8) is 0 Å². The minimum absolute atomic E-state index is 0.0245. The molecule has 1 aromatic heterocycles. The van der Waals surface area contributed by atoms with Crippen molar-refractivity contribution in [1.82, 2.24) is 9.55 Å². The highest BCUT2D eigenvalue weighted by Gasteiger charge is 2.43. The molecule has 0 amide bonds. The third-order valence-corrected chi connectivity index (χ3v) is 7.34. The van der Waals surface area contributed by atoms with Gasteiger partial charge in [0.2, 0.25) is 0 Å². The van der Waals surface area contributed by atoms with Crippen molar-refractivity contribution in [2.24, 2.45) is 0 Å². The van der Waals surface area contributed by atoms with Crippen LogP contribution in [0.4, 0.5) is 5.82 Å². The number of hydrogen-bond acceptors (Lipinski definition) is 11. The second-order valence-electron chi connectivity index (χ2n) is 5.85. The molecule has 2 rings (SSSR count). The van der Waals surface area contributed by atoms with Gasteiger partial charge in [-0.15, -0.1) is 6.42 Å². The van der Waals surface area contributed by atoms with E-state index >= 15 is 0 Å². The average molecular weight is 505 g/mol. The number of aromatic nitrogens is 2. The number of phosphoric ester groups is 1. The summed E-state index contributed by atoms with van der Waals surface area (Å²) < 4.78 is 57.7. The minimum atomic E-state index is -5.67. The van der Waals surface area contributed by atoms with E-state index < -0.39 is 54.2 Å². The molecular formula is C12H18N3O13P3. The van der Waals surface area contributed by atoms with Gasteiger partial charge in [0, 0.05) is 12.6 Å². The summed E-state index contributed by atoms with van der Waals surface area (Å²) in [5.41, 5.74) is 4.68. The molecule has 2 heterocycles. The van der Waals surface area contributed by atoms with Crippen LogP contribution in [0.25, 0.3) is 0 Å². The zero-order valence-electron chi connectivity index (χ0n) is 15.4. The molecule has 0 spiro atoms.